The van der Waals surface area contributed by atoms with E-state index in [9.17, 15) is 9.59 Å². The molecule has 0 unspecified atom stereocenters. The van der Waals surface area contributed by atoms with E-state index in [1.165, 1.54) is 0 Å². The van der Waals surface area contributed by atoms with E-state index in [1.807, 2.05) is 29.2 Å². The van der Waals surface area contributed by atoms with Crippen molar-refractivity contribution in [2.75, 3.05) is 20.2 Å². The fourth-order valence-electron chi connectivity index (χ4n) is 3.81. The van der Waals surface area contributed by atoms with Crippen molar-refractivity contribution in [3.8, 4) is 17.0 Å². The molecule has 4 rings (SSSR count). The Kier molecular flexibility index (Phi) is 5.16. The van der Waals surface area contributed by atoms with Gasteiger partial charge in [-0.2, -0.15) is 5.10 Å². The van der Waals surface area contributed by atoms with Gasteiger partial charge in [0.05, 0.1) is 30.3 Å². The van der Waals surface area contributed by atoms with Gasteiger partial charge in [0.2, 0.25) is 0 Å². The molecule has 0 atom stereocenters. The molecule has 1 aromatic carbocycles. The number of rotatable bonds is 4. The Morgan fingerprint density at radius 3 is 2.76 bits per heavy atom. The first-order chi connectivity index (χ1) is 14.0. The van der Waals surface area contributed by atoms with Crippen LogP contribution in [0.5, 0.6) is 5.75 Å². The number of H-pyrrole nitrogens is 2. The van der Waals surface area contributed by atoms with Crippen LogP contribution in [0.25, 0.3) is 11.3 Å². The minimum atomic E-state index is -0.132. The Hall–Kier alpha value is -3.42. The minimum Gasteiger partial charge on any atom is -0.497 e. The molecular weight excluding hydrogens is 370 g/mol. The summed E-state index contributed by atoms with van der Waals surface area (Å²) in [6.07, 6.45) is 3.12. The first kappa shape index (κ1) is 18.9. The molecule has 29 heavy (non-hydrogen) atoms. The summed E-state index contributed by atoms with van der Waals surface area (Å²) in [6.45, 7) is 3.00. The lowest BCUT2D eigenvalue weighted by Gasteiger charge is -2.31. The fourth-order valence-corrected chi connectivity index (χ4v) is 3.81. The lowest BCUT2D eigenvalue weighted by atomic mass is 9.92. The highest BCUT2D eigenvalue weighted by Crippen LogP contribution is 2.29. The molecule has 1 aliphatic rings. The molecule has 0 bridgehead atoms. The third-order valence-corrected chi connectivity index (χ3v) is 5.31. The van der Waals surface area contributed by atoms with Gasteiger partial charge in [0, 0.05) is 30.6 Å². The summed E-state index contributed by atoms with van der Waals surface area (Å²) in [4.78, 5) is 33.8. The highest BCUT2D eigenvalue weighted by molar-refractivity contribution is 5.99. The lowest BCUT2D eigenvalue weighted by Crippen LogP contribution is -2.38. The van der Waals surface area contributed by atoms with Crippen molar-refractivity contribution in [3.63, 3.8) is 0 Å². The second kappa shape index (κ2) is 7.90. The molecule has 1 aliphatic heterocycles. The van der Waals surface area contributed by atoms with Crippen LogP contribution in [0.1, 0.15) is 40.6 Å². The first-order valence-corrected chi connectivity index (χ1v) is 9.60. The SMILES string of the molecule is COc1cccc(-c2[nH]ncc2C(=O)N2CCC(c3cc(=O)[nH]c(C)n3)CC2)c1. The van der Waals surface area contributed by atoms with Gasteiger partial charge in [0.15, 0.2) is 0 Å². The standard InChI is InChI=1S/C21H23N5O3/c1-13-23-18(11-19(27)24-13)14-6-8-26(9-7-14)21(28)17-12-22-25-20(17)15-4-3-5-16(10-15)29-2/h3-5,10-12,14H,6-9H2,1-2H3,(H,22,25)(H,23,24,27). The number of piperidine rings is 1. The maximum Gasteiger partial charge on any atom is 0.257 e. The quantitative estimate of drug-likeness (QED) is 0.709. The normalized spacial score (nSPS) is 14.8. The van der Waals surface area contributed by atoms with Gasteiger partial charge in [0.1, 0.15) is 11.6 Å². The Bertz CT molecular complexity index is 1080. The van der Waals surface area contributed by atoms with Crippen LogP contribution in [-0.4, -0.2) is 51.2 Å². The maximum absolute atomic E-state index is 13.1. The van der Waals surface area contributed by atoms with Gasteiger partial charge in [-0.15, -0.1) is 0 Å². The Morgan fingerprint density at radius 1 is 1.24 bits per heavy atom. The number of ether oxygens (including phenoxy) is 1. The van der Waals surface area contributed by atoms with Gasteiger partial charge in [-0.25, -0.2) is 4.98 Å². The fraction of sp³-hybridized carbons (Fsp3) is 0.333. The number of aromatic nitrogens is 4. The van der Waals surface area contributed by atoms with E-state index < -0.39 is 0 Å². The molecule has 0 saturated carbocycles. The second-order valence-electron chi connectivity index (χ2n) is 7.21. The number of carbonyl (C=O) groups excluding carboxylic acids is 1. The topological polar surface area (TPSA) is 104 Å². The van der Waals surface area contributed by atoms with E-state index in [0.717, 1.165) is 29.8 Å². The van der Waals surface area contributed by atoms with Crippen LogP contribution in [0.2, 0.25) is 0 Å². The monoisotopic (exact) mass is 393 g/mol. The van der Waals surface area contributed by atoms with Crippen molar-refractivity contribution >= 4 is 5.91 Å². The summed E-state index contributed by atoms with van der Waals surface area (Å²) in [6, 6.07) is 9.09. The van der Waals surface area contributed by atoms with Crippen molar-refractivity contribution in [2.24, 2.45) is 0 Å². The molecule has 1 fully saturated rings. The van der Waals surface area contributed by atoms with E-state index in [2.05, 4.69) is 20.2 Å². The number of carbonyl (C=O) groups is 1. The third kappa shape index (κ3) is 3.91. The molecule has 3 aromatic rings. The number of aryl methyl sites for hydroxylation is 1. The van der Waals surface area contributed by atoms with E-state index in [-0.39, 0.29) is 17.4 Å². The van der Waals surface area contributed by atoms with Crippen molar-refractivity contribution in [1.29, 1.82) is 0 Å². The summed E-state index contributed by atoms with van der Waals surface area (Å²) in [5, 5.41) is 7.03. The summed E-state index contributed by atoms with van der Waals surface area (Å²) < 4.78 is 5.28. The van der Waals surface area contributed by atoms with Gasteiger partial charge < -0.3 is 14.6 Å². The van der Waals surface area contributed by atoms with Gasteiger partial charge in [-0.05, 0) is 31.9 Å². The number of likely N-dealkylation sites (tertiary alicyclic amines) is 1. The summed E-state index contributed by atoms with van der Waals surface area (Å²) >= 11 is 0. The van der Waals surface area contributed by atoms with Crippen LogP contribution < -0.4 is 10.3 Å². The molecule has 1 amide bonds. The van der Waals surface area contributed by atoms with Crippen molar-refractivity contribution in [3.05, 3.63) is 64.0 Å². The zero-order chi connectivity index (χ0) is 20.4. The second-order valence-corrected chi connectivity index (χ2v) is 7.21. The highest BCUT2D eigenvalue weighted by atomic mass is 16.5. The van der Waals surface area contributed by atoms with Gasteiger partial charge in [-0.3, -0.25) is 14.7 Å². The van der Waals surface area contributed by atoms with Crippen LogP contribution in [-0.2, 0) is 0 Å². The molecule has 8 heteroatoms. The van der Waals surface area contributed by atoms with Gasteiger partial charge >= 0.3 is 0 Å². The zero-order valence-electron chi connectivity index (χ0n) is 16.4. The van der Waals surface area contributed by atoms with Crippen LogP contribution in [0.3, 0.4) is 0 Å². The molecule has 1 saturated heterocycles. The molecule has 2 N–H and O–H groups in total. The number of nitrogens with zero attached hydrogens (tertiary/aromatic N) is 3. The highest BCUT2D eigenvalue weighted by Gasteiger charge is 2.28. The number of amides is 1. The summed E-state index contributed by atoms with van der Waals surface area (Å²) in [7, 11) is 1.61. The number of benzene rings is 1. The van der Waals surface area contributed by atoms with Gasteiger partial charge in [0.25, 0.3) is 11.5 Å². The number of nitrogens with one attached hydrogen (secondary N) is 2. The molecule has 150 valence electrons. The Balaban J connectivity index is 1.49. The van der Waals surface area contributed by atoms with E-state index in [4.69, 9.17) is 4.74 Å². The third-order valence-electron chi connectivity index (χ3n) is 5.31. The number of methoxy groups -OCH3 is 1. The molecule has 8 nitrogen and oxygen atoms in total. The number of aromatic amines is 2. The van der Waals surface area contributed by atoms with Crippen molar-refractivity contribution < 1.29 is 9.53 Å². The lowest BCUT2D eigenvalue weighted by molar-refractivity contribution is 0.0713. The maximum atomic E-state index is 13.1. The van der Waals surface area contributed by atoms with E-state index in [0.29, 0.717) is 30.2 Å². The average Bonchev–Trinajstić information content (AvgIpc) is 3.22. The average molecular weight is 393 g/mol. The number of hydrogen-bond donors (Lipinski definition) is 2. The zero-order valence-corrected chi connectivity index (χ0v) is 16.4. The molecule has 0 radical (unpaired) electrons. The summed E-state index contributed by atoms with van der Waals surface area (Å²) in [5.74, 6) is 1.47. The van der Waals surface area contributed by atoms with Crippen LogP contribution in [0.4, 0.5) is 0 Å². The van der Waals surface area contributed by atoms with Crippen molar-refractivity contribution in [1.82, 2.24) is 25.1 Å². The minimum absolute atomic E-state index is 0.0509. The number of hydrogen-bond acceptors (Lipinski definition) is 5. The predicted octanol–water partition coefficient (Wildman–Crippen LogP) is 2.50. The molecule has 2 aromatic heterocycles. The van der Waals surface area contributed by atoms with Gasteiger partial charge in [-0.1, -0.05) is 12.1 Å². The summed E-state index contributed by atoms with van der Waals surface area (Å²) in [5.41, 5.74) is 2.75. The Labute approximate surface area is 167 Å². The largest absolute Gasteiger partial charge is 0.497 e. The Morgan fingerprint density at radius 2 is 2.03 bits per heavy atom. The van der Waals surface area contributed by atoms with E-state index >= 15 is 0 Å². The van der Waals surface area contributed by atoms with Crippen LogP contribution in [0.15, 0.2) is 41.3 Å². The van der Waals surface area contributed by atoms with E-state index in [1.54, 1.807) is 26.3 Å². The predicted molar refractivity (Wildman–Crippen MR) is 108 cm³/mol. The first-order valence-electron chi connectivity index (χ1n) is 9.60. The molecular formula is C21H23N5O3. The van der Waals surface area contributed by atoms with Crippen LogP contribution in [0, 0.1) is 6.92 Å². The molecule has 0 spiro atoms. The smallest absolute Gasteiger partial charge is 0.257 e. The van der Waals surface area contributed by atoms with Crippen LogP contribution >= 0.6 is 0 Å². The molecule has 0 aliphatic carbocycles. The van der Waals surface area contributed by atoms with Crippen molar-refractivity contribution in [2.45, 2.75) is 25.7 Å². The molecule has 3 heterocycles.